The quantitative estimate of drug-likeness (QED) is 0.856. The molecule has 0 bridgehead atoms. The predicted octanol–water partition coefficient (Wildman–Crippen LogP) is 4.54. The Hall–Kier alpha value is -0.340. The topological polar surface area (TPSA) is 12.0 Å². The summed E-state index contributed by atoms with van der Waals surface area (Å²) in [7, 11) is 0. The van der Waals surface area contributed by atoms with E-state index in [9.17, 15) is 0 Å². The molecule has 0 aromatic heterocycles. The lowest BCUT2D eigenvalue weighted by Gasteiger charge is -2.21. The van der Waals surface area contributed by atoms with Crippen molar-refractivity contribution in [2.45, 2.75) is 40.2 Å². The molecular weight excluding hydrogens is 262 g/mol. The monoisotopic (exact) mass is 283 g/mol. The zero-order valence-corrected chi connectivity index (χ0v) is 12.3. The molecule has 0 saturated heterocycles. The third-order valence-electron chi connectivity index (χ3n) is 2.67. The molecule has 0 saturated carbocycles. The molecule has 1 unspecified atom stereocenters. The van der Waals surface area contributed by atoms with Crippen molar-refractivity contribution in [1.82, 2.24) is 5.32 Å². The van der Waals surface area contributed by atoms with Gasteiger partial charge in [-0.05, 0) is 43.0 Å². The van der Waals surface area contributed by atoms with Gasteiger partial charge < -0.3 is 5.32 Å². The van der Waals surface area contributed by atoms with E-state index in [0.29, 0.717) is 11.5 Å². The van der Waals surface area contributed by atoms with Crippen LogP contribution in [0, 0.1) is 5.41 Å². The first kappa shape index (κ1) is 13.7. The zero-order chi connectivity index (χ0) is 12.2. The van der Waals surface area contributed by atoms with Crippen LogP contribution in [-0.4, -0.2) is 6.54 Å². The van der Waals surface area contributed by atoms with Crippen LogP contribution in [0.2, 0.25) is 0 Å². The van der Waals surface area contributed by atoms with E-state index in [1.54, 1.807) is 0 Å². The minimum atomic E-state index is 0.407. The lowest BCUT2D eigenvalue weighted by molar-refractivity contribution is 0.358. The van der Waals surface area contributed by atoms with E-state index in [2.05, 4.69) is 73.2 Å². The summed E-state index contributed by atoms with van der Waals surface area (Å²) in [6, 6.07) is 8.90. The Morgan fingerprint density at radius 2 is 2.00 bits per heavy atom. The third-order valence-corrected chi connectivity index (χ3v) is 3.17. The Morgan fingerprint density at radius 1 is 1.31 bits per heavy atom. The Kier molecular flexibility index (Phi) is 5.00. The lowest BCUT2D eigenvalue weighted by atomic mass is 9.92. The first-order chi connectivity index (χ1) is 7.38. The fourth-order valence-corrected chi connectivity index (χ4v) is 1.97. The van der Waals surface area contributed by atoms with Crippen LogP contribution in [0.15, 0.2) is 28.7 Å². The average Bonchev–Trinajstić information content (AvgIpc) is 2.15. The number of nitrogens with one attached hydrogen (secondary N) is 1. The van der Waals surface area contributed by atoms with Gasteiger partial charge in [-0.15, -0.1) is 0 Å². The Morgan fingerprint density at radius 3 is 2.56 bits per heavy atom. The van der Waals surface area contributed by atoms with Crippen molar-refractivity contribution in [3.8, 4) is 0 Å². The molecule has 1 aromatic carbocycles. The highest BCUT2D eigenvalue weighted by Gasteiger charge is 2.11. The fraction of sp³-hybridized carbons (Fsp3) is 0.571. The fourth-order valence-electron chi connectivity index (χ4n) is 1.56. The van der Waals surface area contributed by atoms with Crippen LogP contribution in [0.4, 0.5) is 0 Å². The molecule has 1 aromatic rings. The van der Waals surface area contributed by atoms with E-state index in [-0.39, 0.29) is 0 Å². The van der Waals surface area contributed by atoms with Gasteiger partial charge in [-0.25, -0.2) is 0 Å². The maximum Gasteiger partial charge on any atom is 0.0292 e. The smallest absolute Gasteiger partial charge is 0.0292 e. The second kappa shape index (κ2) is 5.83. The predicted molar refractivity (Wildman–Crippen MR) is 74.6 cm³/mol. The molecule has 90 valence electrons. The normalized spacial score (nSPS) is 13.8. The van der Waals surface area contributed by atoms with Crippen molar-refractivity contribution >= 4 is 15.9 Å². The molecule has 16 heavy (non-hydrogen) atoms. The van der Waals surface area contributed by atoms with Gasteiger partial charge in [-0.3, -0.25) is 0 Å². The molecular formula is C14H22BrN. The minimum Gasteiger partial charge on any atom is -0.310 e. The van der Waals surface area contributed by atoms with Gasteiger partial charge in [0, 0.05) is 10.5 Å². The standard InChI is InChI=1S/C14H22BrN/c1-11(16-9-8-14(2,3)4)12-6-5-7-13(15)10-12/h5-7,10-11,16H,8-9H2,1-4H3. The maximum atomic E-state index is 3.56. The summed E-state index contributed by atoms with van der Waals surface area (Å²) in [6.07, 6.45) is 1.20. The summed E-state index contributed by atoms with van der Waals surface area (Å²) >= 11 is 3.50. The molecule has 1 atom stereocenters. The molecule has 1 nitrogen and oxygen atoms in total. The van der Waals surface area contributed by atoms with Crippen LogP contribution >= 0.6 is 15.9 Å². The average molecular weight is 284 g/mol. The lowest BCUT2D eigenvalue weighted by Crippen LogP contribution is -2.23. The van der Waals surface area contributed by atoms with E-state index >= 15 is 0 Å². The minimum absolute atomic E-state index is 0.407. The molecule has 0 spiro atoms. The van der Waals surface area contributed by atoms with Crippen molar-refractivity contribution in [2.24, 2.45) is 5.41 Å². The van der Waals surface area contributed by atoms with Crippen LogP contribution in [0.5, 0.6) is 0 Å². The molecule has 0 aliphatic heterocycles. The largest absolute Gasteiger partial charge is 0.310 e. The van der Waals surface area contributed by atoms with E-state index in [1.165, 1.54) is 12.0 Å². The van der Waals surface area contributed by atoms with Crippen LogP contribution in [-0.2, 0) is 0 Å². The molecule has 0 heterocycles. The van der Waals surface area contributed by atoms with E-state index < -0.39 is 0 Å². The van der Waals surface area contributed by atoms with Crippen molar-refractivity contribution in [2.75, 3.05) is 6.54 Å². The van der Waals surface area contributed by atoms with Gasteiger partial charge in [0.2, 0.25) is 0 Å². The van der Waals surface area contributed by atoms with Gasteiger partial charge in [0.1, 0.15) is 0 Å². The summed E-state index contributed by atoms with van der Waals surface area (Å²) in [6.45, 7) is 10.1. The highest BCUT2D eigenvalue weighted by molar-refractivity contribution is 9.10. The molecule has 0 fully saturated rings. The Bertz CT molecular complexity index is 328. The molecule has 0 amide bonds. The van der Waals surface area contributed by atoms with Gasteiger partial charge in [0.05, 0.1) is 0 Å². The summed E-state index contributed by atoms with van der Waals surface area (Å²) in [5.41, 5.74) is 1.74. The van der Waals surface area contributed by atoms with Crippen LogP contribution in [0.1, 0.15) is 45.7 Å². The SMILES string of the molecule is CC(NCCC(C)(C)C)c1cccc(Br)c1. The zero-order valence-electron chi connectivity index (χ0n) is 10.7. The molecule has 0 aliphatic rings. The third kappa shape index (κ3) is 5.13. The van der Waals surface area contributed by atoms with Gasteiger partial charge in [0.15, 0.2) is 0 Å². The summed E-state index contributed by atoms with van der Waals surface area (Å²) < 4.78 is 1.15. The van der Waals surface area contributed by atoms with Crippen molar-refractivity contribution in [3.63, 3.8) is 0 Å². The number of benzene rings is 1. The number of hydrogen-bond acceptors (Lipinski definition) is 1. The molecule has 1 rings (SSSR count). The Labute approximate surface area is 108 Å². The van der Waals surface area contributed by atoms with Crippen molar-refractivity contribution in [1.29, 1.82) is 0 Å². The van der Waals surface area contributed by atoms with E-state index in [1.807, 2.05) is 0 Å². The molecule has 0 radical (unpaired) electrons. The van der Waals surface area contributed by atoms with Gasteiger partial charge in [-0.1, -0.05) is 48.8 Å². The van der Waals surface area contributed by atoms with Gasteiger partial charge in [0.25, 0.3) is 0 Å². The van der Waals surface area contributed by atoms with E-state index in [4.69, 9.17) is 0 Å². The molecule has 1 N–H and O–H groups in total. The number of halogens is 1. The van der Waals surface area contributed by atoms with Crippen LogP contribution < -0.4 is 5.32 Å². The highest BCUT2D eigenvalue weighted by Crippen LogP contribution is 2.20. The second-order valence-electron chi connectivity index (χ2n) is 5.54. The summed E-state index contributed by atoms with van der Waals surface area (Å²) in [5, 5.41) is 3.56. The van der Waals surface area contributed by atoms with Crippen LogP contribution in [0.3, 0.4) is 0 Å². The summed E-state index contributed by atoms with van der Waals surface area (Å²) in [5.74, 6) is 0. The van der Waals surface area contributed by atoms with E-state index in [0.717, 1.165) is 11.0 Å². The molecule has 0 aliphatic carbocycles. The number of hydrogen-bond donors (Lipinski definition) is 1. The number of rotatable bonds is 4. The maximum absolute atomic E-state index is 3.56. The summed E-state index contributed by atoms with van der Waals surface area (Å²) in [4.78, 5) is 0. The van der Waals surface area contributed by atoms with Gasteiger partial charge in [-0.2, -0.15) is 0 Å². The van der Waals surface area contributed by atoms with Crippen molar-refractivity contribution in [3.05, 3.63) is 34.3 Å². The first-order valence-electron chi connectivity index (χ1n) is 5.87. The van der Waals surface area contributed by atoms with Gasteiger partial charge >= 0.3 is 0 Å². The second-order valence-corrected chi connectivity index (χ2v) is 6.46. The first-order valence-corrected chi connectivity index (χ1v) is 6.67. The van der Waals surface area contributed by atoms with Crippen LogP contribution in [0.25, 0.3) is 0 Å². The highest BCUT2D eigenvalue weighted by atomic mass is 79.9. The molecule has 2 heteroatoms. The van der Waals surface area contributed by atoms with Crippen molar-refractivity contribution < 1.29 is 0 Å². The Balaban J connectivity index is 2.44.